The van der Waals surface area contributed by atoms with Crippen molar-refractivity contribution in [3.8, 4) is 0 Å². The molecule has 2 aliphatic rings. The van der Waals surface area contributed by atoms with Crippen molar-refractivity contribution >= 4 is 22.7 Å². The lowest BCUT2D eigenvalue weighted by molar-refractivity contribution is -0.158. The summed E-state index contributed by atoms with van der Waals surface area (Å²) in [6, 6.07) is 26.1. The number of carbonyl (C=O) groups excluding carboxylic acids is 2. The topological polar surface area (TPSA) is 56.4 Å². The van der Waals surface area contributed by atoms with Gasteiger partial charge >= 0.3 is 0 Å². The summed E-state index contributed by atoms with van der Waals surface area (Å²) in [5.41, 5.74) is 6.70. The van der Waals surface area contributed by atoms with E-state index in [0.717, 1.165) is 34.1 Å². The molecule has 0 saturated carbocycles. The van der Waals surface area contributed by atoms with Crippen LogP contribution in [-0.4, -0.2) is 45.7 Å². The smallest absolute Gasteiger partial charge is 0.246 e. The number of para-hydroxylation sites is 1. The van der Waals surface area contributed by atoms with Crippen molar-refractivity contribution in [1.82, 2.24) is 14.8 Å². The first kappa shape index (κ1) is 22.6. The zero-order chi connectivity index (χ0) is 24.8. The molecule has 5 heteroatoms. The van der Waals surface area contributed by atoms with Crippen LogP contribution in [0.15, 0.2) is 78.9 Å². The summed E-state index contributed by atoms with van der Waals surface area (Å²) in [5.74, 6) is 0.485. The Bertz CT molecular complexity index is 1420. The van der Waals surface area contributed by atoms with Crippen LogP contribution in [-0.2, 0) is 22.4 Å². The molecule has 3 heterocycles. The van der Waals surface area contributed by atoms with Gasteiger partial charge in [0, 0.05) is 29.6 Å². The summed E-state index contributed by atoms with van der Waals surface area (Å²) in [6.45, 7) is 5.03. The Labute approximate surface area is 211 Å². The van der Waals surface area contributed by atoms with Crippen LogP contribution < -0.4 is 0 Å². The SMILES string of the molecule is CC(C)c1ccc(C2c3[nH]c4ccccc4c3C[C@H]3C(=O)N(CCc4ccccc4)CC(=O)N23)cc1. The average molecular weight is 478 g/mol. The van der Waals surface area contributed by atoms with E-state index in [9.17, 15) is 9.59 Å². The van der Waals surface area contributed by atoms with E-state index in [2.05, 4.69) is 67.4 Å². The van der Waals surface area contributed by atoms with Gasteiger partial charge in [-0.1, -0.05) is 86.6 Å². The first-order valence-electron chi connectivity index (χ1n) is 12.8. The van der Waals surface area contributed by atoms with Crippen LogP contribution in [0.2, 0.25) is 0 Å². The fourth-order valence-electron chi connectivity index (χ4n) is 5.83. The Morgan fingerprint density at radius 3 is 2.39 bits per heavy atom. The van der Waals surface area contributed by atoms with Crippen molar-refractivity contribution in [3.63, 3.8) is 0 Å². The van der Waals surface area contributed by atoms with E-state index in [-0.39, 0.29) is 24.4 Å². The van der Waals surface area contributed by atoms with Crippen LogP contribution in [0.1, 0.15) is 53.8 Å². The molecule has 0 radical (unpaired) electrons. The van der Waals surface area contributed by atoms with Crippen LogP contribution in [0.5, 0.6) is 0 Å². The second kappa shape index (κ2) is 8.98. The Morgan fingerprint density at radius 1 is 0.917 bits per heavy atom. The van der Waals surface area contributed by atoms with E-state index in [4.69, 9.17) is 0 Å². The second-order valence-corrected chi connectivity index (χ2v) is 10.3. The summed E-state index contributed by atoms with van der Waals surface area (Å²) in [5, 5.41) is 1.14. The van der Waals surface area contributed by atoms with E-state index in [1.54, 1.807) is 4.90 Å². The summed E-state index contributed by atoms with van der Waals surface area (Å²) >= 11 is 0. The van der Waals surface area contributed by atoms with E-state index in [0.29, 0.717) is 18.9 Å². The Hall–Kier alpha value is -3.86. The minimum atomic E-state index is -0.497. The lowest BCUT2D eigenvalue weighted by atomic mass is 9.85. The molecule has 1 fully saturated rings. The molecule has 1 N–H and O–H groups in total. The summed E-state index contributed by atoms with van der Waals surface area (Å²) in [6.07, 6.45) is 1.28. The molecule has 182 valence electrons. The van der Waals surface area contributed by atoms with Gasteiger partial charge in [0.2, 0.25) is 11.8 Å². The number of aromatic nitrogens is 1. The lowest BCUT2D eigenvalue weighted by Crippen LogP contribution is -2.63. The molecule has 1 aromatic heterocycles. The van der Waals surface area contributed by atoms with E-state index < -0.39 is 6.04 Å². The minimum absolute atomic E-state index is 0.00917. The van der Waals surface area contributed by atoms with Gasteiger partial charge in [0.25, 0.3) is 0 Å². The number of hydrogen-bond donors (Lipinski definition) is 1. The standard InChI is InChI=1S/C31H31N3O2/c1-20(2)22-12-14-23(15-13-22)30-29-25(24-10-6-7-11-26(24)32-29)18-27-31(36)33(19-28(35)34(27)30)17-16-21-8-4-3-5-9-21/h3-15,20,27,30,32H,16-19H2,1-2H3/t27-,30?/m0/s1. The van der Waals surface area contributed by atoms with Crippen molar-refractivity contribution in [1.29, 1.82) is 0 Å². The van der Waals surface area contributed by atoms with Crippen LogP contribution in [0.25, 0.3) is 10.9 Å². The zero-order valence-corrected chi connectivity index (χ0v) is 20.8. The Kier molecular flexibility index (Phi) is 5.63. The molecule has 1 saturated heterocycles. The number of hydrogen-bond acceptors (Lipinski definition) is 2. The Balaban J connectivity index is 1.39. The molecule has 1 unspecified atom stereocenters. The van der Waals surface area contributed by atoms with Crippen molar-refractivity contribution in [2.24, 2.45) is 0 Å². The summed E-state index contributed by atoms with van der Waals surface area (Å²) in [7, 11) is 0. The highest BCUT2D eigenvalue weighted by molar-refractivity contribution is 5.97. The number of nitrogens with one attached hydrogen (secondary N) is 1. The van der Waals surface area contributed by atoms with Gasteiger partial charge in [0.05, 0.1) is 12.6 Å². The highest BCUT2D eigenvalue weighted by Gasteiger charge is 2.48. The van der Waals surface area contributed by atoms with Crippen LogP contribution in [0.4, 0.5) is 0 Å². The molecule has 0 bridgehead atoms. The van der Waals surface area contributed by atoms with Crippen molar-refractivity contribution in [2.75, 3.05) is 13.1 Å². The van der Waals surface area contributed by atoms with Gasteiger partial charge < -0.3 is 14.8 Å². The van der Waals surface area contributed by atoms with Crippen molar-refractivity contribution in [3.05, 3.63) is 107 Å². The number of nitrogens with zero attached hydrogens (tertiary/aromatic N) is 2. The summed E-state index contributed by atoms with van der Waals surface area (Å²) < 4.78 is 0. The van der Waals surface area contributed by atoms with Crippen LogP contribution >= 0.6 is 0 Å². The van der Waals surface area contributed by atoms with Gasteiger partial charge in [-0.25, -0.2) is 0 Å². The maximum absolute atomic E-state index is 13.8. The normalized spacial score (nSPS) is 19.6. The molecule has 2 aliphatic heterocycles. The second-order valence-electron chi connectivity index (χ2n) is 10.3. The van der Waals surface area contributed by atoms with Gasteiger partial charge in [0.15, 0.2) is 0 Å². The third kappa shape index (κ3) is 3.79. The van der Waals surface area contributed by atoms with Crippen molar-refractivity contribution < 1.29 is 9.59 Å². The third-order valence-electron chi connectivity index (χ3n) is 7.77. The number of rotatable bonds is 5. The third-order valence-corrected chi connectivity index (χ3v) is 7.77. The number of aromatic amines is 1. The molecule has 3 aromatic carbocycles. The number of carbonyl (C=O) groups is 2. The van der Waals surface area contributed by atoms with Crippen molar-refractivity contribution in [2.45, 2.75) is 44.7 Å². The predicted octanol–water partition coefficient (Wildman–Crippen LogP) is 5.22. The largest absolute Gasteiger partial charge is 0.356 e. The molecule has 4 aromatic rings. The highest BCUT2D eigenvalue weighted by Crippen LogP contribution is 2.42. The first-order valence-corrected chi connectivity index (χ1v) is 12.8. The molecular formula is C31H31N3O2. The quantitative estimate of drug-likeness (QED) is 0.429. The average Bonchev–Trinajstić information content (AvgIpc) is 3.28. The molecule has 2 amide bonds. The minimum Gasteiger partial charge on any atom is -0.356 e. The number of H-pyrrole nitrogens is 1. The first-order chi connectivity index (χ1) is 17.5. The monoisotopic (exact) mass is 477 g/mol. The van der Waals surface area contributed by atoms with Gasteiger partial charge in [-0.3, -0.25) is 9.59 Å². The van der Waals surface area contributed by atoms with E-state index >= 15 is 0 Å². The number of amides is 2. The molecule has 6 rings (SSSR count). The molecular weight excluding hydrogens is 446 g/mol. The Morgan fingerprint density at radius 2 is 1.64 bits per heavy atom. The number of piperazine rings is 1. The van der Waals surface area contributed by atoms with Crippen LogP contribution in [0, 0.1) is 0 Å². The van der Waals surface area contributed by atoms with Gasteiger partial charge in [-0.2, -0.15) is 0 Å². The molecule has 5 nitrogen and oxygen atoms in total. The molecule has 0 aliphatic carbocycles. The summed E-state index contributed by atoms with van der Waals surface area (Å²) in [4.78, 5) is 34.8. The predicted molar refractivity (Wildman–Crippen MR) is 142 cm³/mol. The number of benzene rings is 3. The highest BCUT2D eigenvalue weighted by atomic mass is 16.2. The lowest BCUT2D eigenvalue weighted by Gasteiger charge is -2.47. The van der Waals surface area contributed by atoms with Gasteiger partial charge in [0.1, 0.15) is 6.04 Å². The van der Waals surface area contributed by atoms with Gasteiger partial charge in [-0.15, -0.1) is 0 Å². The fraction of sp³-hybridized carbons (Fsp3) is 0.290. The molecule has 36 heavy (non-hydrogen) atoms. The maximum atomic E-state index is 13.8. The maximum Gasteiger partial charge on any atom is 0.246 e. The number of fused-ring (bicyclic) bond motifs is 4. The molecule has 0 spiro atoms. The van der Waals surface area contributed by atoms with E-state index in [1.807, 2.05) is 35.2 Å². The fourth-order valence-corrected chi connectivity index (χ4v) is 5.83. The van der Waals surface area contributed by atoms with Crippen LogP contribution in [0.3, 0.4) is 0 Å². The van der Waals surface area contributed by atoms with E-state index in [1.165, 1.54) is 11.1 Å². The molecule has 2 atom stereocenters. The zero-order valence-electron chi connectivity index (χ0n) is 20.8. The van der Waals surface area contributed by atoms with Gasteiger partial charge in [-0.05, 0) is 40.7 Å².